The summed E-state index contributed by atoms with van der Waals surface area (Å²) in [4.78, 5) is 14.5. The third-order valence-corrected chi connectivity index (χ3v) is 4.11. The highest BCUT2D eigenvalue weighted by Crippen LogP contribution is 2.34. The van der Waals surface area contributed by atoms with E-state index in [1.165, 1.54) is 19.3 Å². The molecule has 0 aromatic heterocycles. The maximum Gasteiger partial charge on any atom is 0.255 e. The zero-order chi connectivity index (χ0) is 13.9. The van der Waals surface area contributed by atoms with Crippen molar-refractivity contribution in [3.8, 4) is 0 Å². The Morgan fingerprint density at radius 3 is 2.84 bits per heavy atom. The van der Waals surface area contributed by atoms with Crippen molar-refractivity contribution in [2.45, 2.75) is 39.5 Å². The third-order valence-electron chi connectivity index (χ3n) is 4.11. The largest absolute Gasteiger partial charge is 0.398 e. The van der Waals surface area contributed by atoms with Gasteiger partial charge >= 0.3 is 0 Å². The quantitative estimate of drug-likeness (QED) is 0.847. The Labute approximate surface area is 115 Å². The van der Waals surface area contributed by atoms with Crippen LogP contribution in [0.15, 0.2) is 24.3 Å². The SMILES string of the molecule is CCCC1(C)CCCN(C(=O)c2ccccc2N)C1. The van der Waals surface area contributed by atoms with E-state index in [9.17, 15) is 4.79 Å². The molecule has 1 saturated heterocycles. The van der Waals surface area contributed by atoms with Crippen LogP contribution in [0.1, 0.15) is 49.9 Å². The highest BCUT2D eigenvalue weighted by Gasteiger charge is 2.32. The average molecular weight is 260 g/mol. The summed E-state index contributed by atoms with van der Waals surface area (Å²) in [7, 11) is 0. The molecule has 1 heterocycles. The molecular formula is C16H24N2O. The molecule has 1 aromatic carbocycles. The molecule has 0 saturated carbocycles. The van der Waals surface area contributed by atoms with E-state index >= 15 is 0 Å². The summed E-state index contributed by atoms with van der Waals surface area (Å²) < 4.78 is 0. The zero-order valence-electron chi connectivity index (χ0n) is 12.0. The van der Waals surface area contributed by atoms with Crippen LogP contribution >= 0.6 is 0 Å². The summed E-state index contributed by atoms with van der Waals surface area (Å²) >= 11 is 0. The van der Waals surface area contributed by atoms with E-state index in [4.69, 9.17) is 5.73 Å². The number of anilines is 1. The number of carbonyl (C=O) groups is 1. The Morgan fingerprint density at radius 2 is 2.16 bits per heavy atom. The van der Waals surface area contributed by atoms with Gasteiger partial charge in [-0.3, -0.25) is 4.79 Å². The van der Waals surface area contributed by atoms with Gasteiger partial charge in [0.1, 0.15) is 0 Å². The van der Waals surface area contributed by atoms with Crippen LogP contribution in [-0.2, 0) is 0 Å². The van der Waals surface area contributed by atoms with E-state index in [0.717, 1.165) is 19.5 Å². The number of para-hydroxylation sites is 1. The maximum absolute atomic E-state index is 12.6. The summed E-state index contributed by atoms with van der Waals surface area (Å²) in [6, 6.07) is 7.36. The zero-order valence-corrected chi connectivity index (χ0v) is 12.0. The molecule has 1 atom stereocenters. The predicted octanol–water partition coefficient (Wildman–Crippen LogP) is 3.31. The van der Waals surface area contributed by atoms with Crippen LogP contribution < -0.4 is 5.73 Å². The van der Waals surface area contributed by atoms with Crippen molar-refractivity contribution in [3.63, 3.8) is 0 Å². The highest BCUT2D eigenvalue weighted by molar-refractivity contribution is 5.99. The fourth-order valence-electron chi connectivity index (χ4n) is 3.16. The van der Waals surface area contributed by atoms with Crippen LogP contribution in [-0.4, -0.2) is 23.9 Å². The first kappa shape index (κ1) is 13.9. The second kappa shape index (κ2) is 5.64. The normalized spacial score (nSPS) is 23.4. The number of likely N-dealkylation sites (tertiary alicyclic amines) is 1. The molecule has 19 heavy (non-hydrogen) atoms. The van der Waals surface area contributed by atoms with Crippen molar-refractivity contribution in [2.75, 3.05) is 18.8 Å². The smallest absolute Gasteiger partial charge is 0.255 e. The van der Waals surface area contributed by atoms with Crippen LogP contribution in [0.4, 0.5) is 5.69 Å². The molecule has 1 fully saturated rings. The van der Waals surface area contributed by atoms with Gasteiger partial charge in [0, 0.05) is 18.8 Å². The van der Waals surface area contributed by atoms with E-state index in [1.54, 1.807) is 6.07 Å². The van der Waals surface area contributed by atoms with Crippen LogP contribution in [0.2, 0.25) is 0 Å². The van der Waals surface area contributed by atoms with Gasteiger partial charge in [0.15, 0.2) is 0 Å². The number of nitrogens with zero attached hydrogens (tertiary/aromatic N) is 1. The van der Waals surface area contributed by atoms with E-state index in [-0.39, 0.29) is 11.3 Å². The Bertz CT molecular complexity index is 454. The number of piperidine rings is 1. The van der Waals surface area contributed by atoms with Crippen molar-refractivity contribution < 1.29 is 4.79 Å². The van der Waals surface area contributed by atoms with Gasteiger partial charge in [-0.25, -0.2) is 0 Å². The molecule has 2 rings (SSSR count). The molecule has 1 aliphatic heterocycles. The first-order valence-corrected chi connectivity index (χ1v) is 7.19. The summed E-state index contributed by atoms with van der Waals surface area (Å²) in [5.41, 5.74) is 7.40. The number of nitrogen functional groups attached to an aromatic ring is 1. The van der Waals surface area contributed by atoms with Crippen LogP contribution in [0.3, 0.4) is 0 Å². The van der Waals surface area contributed by atoms with Crippen LogP contribution in [0.25, 0.3) is 0 Å². The van der Waals surface area contributed by atoms with Crippen molar-refractivity contribution >= 4 is 11.6 Å². The van der Waals surface area contributed by atoms with Gasteiger partial charge in [-0.15, -0.1) is 0 Å². The molecule has 0 spiro atoms. The first-order chi connectivity index (χ1) is 9.06. The van der Waals surface area contributed by atoms with E-state index < -0.39 is 0 Å². The van der Waals surface area contributed by atoms with E-state index in [0.29, 0.717) is 11.3 Å². The summed E-state index contributed by atoms with van der Waals surface area (Å²) in [5.74, 6) is 0.0835. The van der Waals surface area contributed by atoms with Crippen LogP contribution in [0.5, 0.6) is 0 Å². The molecular weight excluding hydrogens is 236 g/mol. The standard InChI is InChI=1S/C16H24N2O/c1-3-9-16(2)10-6-11-18(12-16)15(19)13-7-4-5-8-14(13)17/h4-5,7-8H,3,6,9-12,17H2,1-2H3. The monoisotopic (exact) mass is 260 g/mol. The lowest BCUT2D eigenvalue weighted by atomic mass is 9.78. The fourth-order valence-corrected chi connectivity index (χ4v) is 3.16. The Kier molecular flexibility index (Phi) is 4.13. The van der Waals surface area contributed by atoms with Crippen molar-refractivity contribution in [1.82, 2.24) is 4.90 Å². The molecule has 2 N–H and O–H groups in total. The molecule has 3 nitrogen and oxygen atoms in total. The lowest BCUT2D eigenvalue weighted by Crippen LogP contribution is -2.45. The molecule has 1 aromatic rings. The number of carbonyl (C=O) groups excluding carboxylic acids is 1. The van der Waals surface area contributed by atoms with Crippen LogP contribution in [0, 0.1) is 5.41 Å². The molecule has 1 unspecified atom stereocenters. The fraction of sp³-hybridized carbons (Fsp3) is 0.562. The molecule has 0 bridgehead atoms. The lowest BCUT2D eigenvalue weighted by molar-refractivity contribution is 0.0531. The average Bonchev–Trinajstić information content (AvgIpc) is 2.38. The topological polar surface area (TPSA) is 46.3 Å². The van der Waals surface area contributed by atoms with E-state index in [1.807, 2.05) is 23.1 Å². The summed E-state index contributed by atoms with van der Waals surface area (Å²) in [6.45, 7) is 6.21. The van der Waals surface area contributed by atoms with Gasteiger partial charge in [-0.2, -0.15) is 0 Å². The molecule has 1 aliphatic rings. The number of nitrogens with two attached hydrogens (primary N) is 1. The molecule has 1 amide bonds. The number of rotatable bonds is 3. The molecule has 0 aliphatic carbocycles. The molecule has 0 radical (unpaired) electrons. The summed E-state index contributed by atoms with van der Waals surface area (Å²) in [5, 5.41) is 0. The van der Waals surface area contributed by atoms with Gasteiger partial charge in [-0.05, 0) is 36.8 Å². The maximum atomic E-state index is 12.6. The van der Waals surface area contributed by atoms with Gasteiger partial charge < -0.3 is 10.6 Å². The van der Waals surface area contributed by atoms with Crippen molar-refractivity contribution in [1.29, 1.82) is 0 Å². The Hall–Kier alpha value is -1.51. The highest BCUT2D eigenvalue weighted by atomic mass is 16.2. The van der Waals surface area contributed by atoms with Gasteiger partial charge in [-0.1, -0.05) is 32.4 Å². The van der Waals surface area contributed by atoms with Gasteiger partial charge in [0.25, 0.3) is 5.91 Å². The second-order valence-corrected chi connectivity index (χ2v) is 5.98. The van der Waals surface area contributed by atoms with Crippen molar-refractivity contribution in [3.05, 3.63) is 29.8 Å². The number of benzene rings is 1. The summed E-state index contributed by atoms with van der Waals surface area (Å²) in [6.07, 6.45) is 4.66. The lowest BCUT2D eigenvalue weighted by Gasteiger charge is -2.40. The Balaban J connectivity index is 2.14. The van der Waals surface area contributed by atoms with Crippen molar-refractivity contribution in [2.24, 2.45) is 5.41 Å². The molecule has 104 valence electrons. The van der Waals surface area contributed by atoms with E-state index in [2.05, 4.69) is 13.8 Å². The third kappa shape index (κ3) is 3.09. The predicted molar refractivity (Wildman–Crippen MR) is 79.0 cm³/mol. The number of amides is 1. The van der Waals surface area contributed by atoms with Gasteiger partial charge in [0.05, 0.1) is 5.56 Å². The minimum absolute atomic E-state index is 0.0835. The number of hydrogen-bond acceptors (Lipinski definition) is 2. The minimum atomic E-state index is 0.0835. The Morgan fingerprint density at radius 1 is 1.42 bits per heavy atom. The minimum Gasteiger partial charge on any atom is -0.398 e. The first-order valence-electron chi connectivity index (χ1n) is 7.19. The van der Waals surface area contributed by atoms with Gasteiger partial charge in [0.2, 0.25) is 0 Å². The second-order valence-electron chi connectivity index (χ2n) is 5.98. The number of hydrogen-bond donors (Lipinski definition) is 1. The molecule has 3 heteroatoms.